The molecule has 0 radical (unpaired) electrons. The van der Waals surface area contributed by atoms with E-state index < -0.39 is 6.04 Å². The number of carbonyl (C=O) groups is 1. The molecule has 1 unspecified atom stereocenters. The molecular formula is C15H10N4OS2. The van der Waals surface area contributed by atoms with E-state index in [-0.39, 0.29) is 5.91 Å². The minimum absolute atomic E-state index is 0.184. The molecule has 0 aromatic carbocycles. The zero-order valence-corrected chi connectivity index (χ0v) is 12.9. The van der Waals surface area contributed by atoms with Crippen LogP contribution in [0.2, 0.25) is 0 Å². The van der Waals surface area contributed by atoms with Crippen molar-refractivity contribution in [3.8, 4) is 0 Å². The Kier molecular flexibility index (Phi) is 3.28. The Bertz CT molecular complexity index is 840. The van der Waals surface area contributed by atoms with Crippen molar-refractivity contribution in [2.75, 3.05) is 5.32 Å². The fraction of sp³-hybridized carbons (Fsp3) is 0.0667. The molecule has 1 aliphatic rings. The van der Waals surface area contributed by atoms with Crippen molar-refractivity contribution in [3.63, 3.8) is 0 Å². The van der Waals surface area contributed by atoms with Gasteiger partial charge in [0.1, 0.15) is 5.82 Å². The van der Waals surface area contributed by atoms with Crippen LogP contribution < -0.4 is 5.32 Å². The maximum atomic E-state index is 12.5. The van der Waals surface area contributed by atoms with Gasteiger partial charge in [0.15, 0.2) is 6.04 Å². The van der Waals surface area contributed by atoms with E-state index in [1.807, 2.05) is 29.6 Å². The number of thiazole rings is 1. The summed E-state index contributed by atoms with van der Waals surface area (Å²) in [4.78, 5) is 27.4. The number of aliphatic imine (C=N–C) groups is 1. The highest BCUT2D eigenvalue weighted by Gasteiger charge is 2.28. The normalized spacial score (nSPS) is 17.4. The fourth-order valence-electron chi connectivity index (χ4n) is 2.30. The first-order valence-electron chi connectivity index (χ1n) is 6.59. The predicted molar refractivity (Wildman–Crippen MR) is 87.7 cm³/mol. The summed E-state index contributed by atoms with van der Waals surface area (Å²) in [5.74, 6) is 0.363. The third kappa shape index (κ3) is 2.24. The summed E-state index contributed by atoms with van der Waals surface area (Å²) in [7, 11) is 0. The van der Waals surface area contributed by atoms with Gasteiger partial charge in [-0.05, 0) is 23.6 Å². The van der Waals surface area contributed by atoms with Crippen LogP contribution in [0.5, 0.6) is 0 Å². The lowest BCUT2D eigenvalue weighted by Gasteiger charge is -2.07. The predicted octanol–water partition coefficient (Wildman–Crippen LogP) is 3.13. The average molecular weight is 326 g/mol. The second-order valence-corrected chi connectivity index (χ2v) is 6.52. The molecule has 1 atom stereocenters. The molecule has 1 amide bonds. The second kappa shape index (κ2) is 5.43. The molecule has 0 bridgehead atoms. The lowest BCUT2D eigenvalue weighted by molar-refractivity contribution is -0.117. The fourth-order valence-corrected chi connectivity index (χ4v) is 3.69. The van der Waals surface area contributed by atoms with E-state index in [4.69, 9.17) is 4.99 Å². The van der Waals surface area contributed by atoms with Crippen molar-refractivity contribution in [3.05, 3.63) is 62.9 Å². The van der Waals surface area contributed by atoms with Gasteiger partial charge in [-0.1, -0.05) is 6.07 Å². The molecule has 3 aromatic rings. The van der Waals surface area contributed by atoms with Crippen LogP contribution in [-0.4, -0.2) is 21.6 Å². The van der Waals surface area contributed by atoms with Crippen LogP contribution in [0, 0.1) is 0 Å². The summed E-state index contributed by atoms with van der Waals surface area (Å²) in [5.41, 5.74) is 3.33. The highest BCUT2D eigenvalue weighted by Crippen LogP contribution is 2.31. The highest BCUT2D eigenvalue weighted by atomic mass is 32.1. The van der Waals surface area contributed by atoms with Crippen molar-refractivity contribution in [1.29, 1.82) is 0 Å². The molecule has 5 nitrogen and oxygen atoms in total. The topological polar surface area (TPSA) is 67.2 Å². The number of hydrogen-bond acceptors (Lipinski definition) is 6. The van der Waals surface area contributed by atoms with Crippen LogP contribution in [0.1, 0.15) is 21.4 Å². The molecule has 22 heavy (non-hydrogen) atoms. The lowest BCUT2D eigenvalue weighted by Crippen LogP contribution is -2.18. The first-order valence-corrected chi connectivity index (χ1v) is 8.35. The van der Waals surface area contributed by atoms with Crippen LogP contribution in [-0.2, 0) is 4.79 Å². The van der Waals surface area contributed by atoms with Gasteiger partial charge in [-0.15, -0.1) is 22.7 Å². The molecule has 108 valence electrons. The van der Waals surface area contributed by atoms with Gasteiger partial charge in [-0.3, -0.25) is 14.8 Å². The first-order chi connectivity index (χ1) is 10.8. The summed E-state index contributed by atoms with van der Waals surface area (Å²) in [5, 5.41) is 4.87. The van der Waals surface area contributed by atoms with Crippen molar-refractivity contribution in [2.45, 2.75) is 6.04 Å². The minimum atomic E-state index is -0.598. The van der Waals surface area contributed by atoms with E-state index in [2.05, 4.69) is 15.3 Å². The van der Waals surface area contributed by atoms with E-state index in [1.54, 1.807) is 29.2 Å². The largest absolute Gasteiger partial charge is 0.308 e. The van der Waals surface area contributed by atoms with E-state index >= 15 is 0 Å². The van der Waals surface area contributed by atoms with Gasteiger partial charge in [0, 0.05) is 18.0 Å². The number of amides is 1. The monoisotopic (exact) mass is 326 g/mol. The van der Waals surface area contributed by atoms with E-state index in [9.17, 15) is 4.79 Å². The number of nitrogens with zero attached hydrogens (tertiary/aromatic N) is 3. The Morgan fingerprint density at radius 3 is 2.91 bits per heavy atom. The number of fused-ring (bicyclic) bond motifs is 1. The molecule has 7 heteroatoms. The molecule has 1 aliphatic heterocycles. The molecule has 1 N–H and O–H groups in total. The third-order valence-corrected chi connectivity index (χ3v) is 4.99. The number of hydrogen-bond donors (Lipinski definition) is 1. The van der Waals surface area contributed by atoms with Gasteiger partial charge in [0.25, 0.3) is 5.91 Å². The van der Waals surface area contributed by atoms with E-state index in [0.717, 1.165) is 21.0 Å². The smallest absolute Gasteiger partial charge is 0.255 e. The SMILES string of the molecule is O=C1Nc2ncccc2C(c2cccs2)=NC1c1cncs1. The number of rotatable bonds is 2. The first kappa shape index (κ1) is 13.3. The van der Waals surface area contributed by atoms with Gasteiger partial charge >= 0.3 is 0 Å². The van der Waals surface area contributed by atoms with Gasteiger partial charge in [0.05, 0.1) is 21.0 Å². The maximum Gasteiger partial charge on any atom is 0.255 e. The Labute approximate surface area is 134 Å². The quantitative estimate of drug-likeness (QED) is 0.787. The Morgan fingerprint density at radius 2 is 2.14 bits per heavy atom. The molecule has 0 spiro atoms. The molecule has 4 rings (SSSR count). The van der Waals surface area contributed by atoms with Crippen molar-refractivity contribution >= 4 is 40.1 Å². The molecular weight excluding hydrogens is 316 g/mol. The summed E-state index contributed by atoms with van der Waals surface area (Å²) in [6.45, 7) is 0. The Hall–Kier alpha value is -2.38. The number of carbonyl (C=O) groups excluding carboxylic acids is 1. The van der Waals surface area contributed by atoms with Crippen LogP contribution in [0.15, 0.2) is 52.5 Å². The highest BCUT2D eigenvalue weighted by molar-refractivity contribution is 7.12. The molecule has 3 aromatic heterocycles. The second-order valence-electron chi connectivity index (χ2n) is 4.65. The van der Waals surface area contributed by atoms with Gasteiger partial charge in [-0.25, -0.2) is 4.98 Å². The number of pyridine rings is 1. The van der Waals surface area contributed by atoms with Crippen molar-refractivity contribution < 1.29 is 4.79 Å². The molecule has 0 saturated carbocycles. The summed E-state index contributed by atoms with van der Waals surface area (Å²) in [6, 6.07) is 7.15. The van der Waals surface area contributed by atoms with Crippen LogP contribution in [0.3, 0.4) is 0 Å². The summed E-state index contributed by atoms with van der Waals surface area (Å²) < 4.78 is 0. The average Bonchev–Trinajstić information content (AvgIpc) is 3.20. The number of anilines is 1. The molecule has 0 fully saturated rings. The van der Waals surface area contributed by atoms with Crippen molar-refractivity contribution in [2.24, 2.45) is 4.99 Å². The number of thiophene rings is 1. The number of nitrogens with one attached hydrogen (secondary N) is 1. The van der Waals surface area contributed by atoms with Gasteiger partial charge in [0.2, 0.25) is 0 Å². The van der Waals surface area contributed by atoms with Gasteiger partial charge in [-0.2, -0.15) is 0 Å². The summed E-state index contributed by atoms with van der Waals surface area (Å²) >= 11 is 3.02. The van der Waals surface area contributed by atoms with Crippen LogP contribution >= 0.6 is 22.7 Å². The zero-order valence-electron chi connectivity index (χ0n) is 11.3. The standard InChI is InChI=1S/C15H10N4OS2/c20-15-13(11-7-16-8-22-11)18-12(10-4-2-6-21-10)9-3-1-5-17-14(9)19-15/h1-8,13H,(H,17,19,20). The molecule has 0 saturated heterocycles. The maximum absolute atomic E-state index is 12.5. The molecule has 4 heterocycles. The molecule has 0 aliphatic carbocycles. The van der Waals surface area contributed by atoms with E-state index in [0.29, 0.717) is 5.82 Å². The van der Waals surface area contributed by atoms with E-state index in [1.165, 1.54) is 11.3 Å². The van der Waals surface area contributed by atoms with Crippen molar-refractivity contribution in [1.82, 2.24) is 9.97 Å². The lowest BCUT2D eigenvalue weighted by atomic mass is 10.1. The minimum Gasteiger partial charge on any atom is -0.308 e. The third-order valence-electron chi connectivity index (χ3n) is 3.29. The van der Waals surface area contributed by atoms with Crippen LogP contribution in [0.25, 0.3) is 0 Å². The van der Waals surface area contributed by atoms with Gasteiger partial charge < -0.3 is 5.32 Å². The Balaban J connectivity index is 1.92. The summed E-state index contributed by atoms with van der Waals surface area (Å²) in [6.07, 6.45) is 3.35. The Morgan fingerprint density at radius 1 is 1.18 bits per heavy atom. The number of aromatic nitrogens is 2. The van der Waals surface area contributed by atoms with Crippen LogP contribution in [0.4, 0.5) is 5.82 Å². The zero-order chi connectivity index (χ0) is 14.9.